The van der Waals surface area contributed by atoms with Crippen LogP contribution in [0.2, 0.25) is 0 Å². The van der Waals surface area contributed by atoms with Crippen molar-refractivity contribution in [1.29, 1.82) is 0 Å². The quantitative estimate of drug-likeness (QED) is 0.932. The van der Waals surface area contributed by atoms with Gasteiger partial charge in [0.2, 0.25) is 0 Å². The second kappa shape index (κ2) is 6.36. The van der Waals surface area contributed by atoms with Crippen LogP contribution in [0.4, 0.5) is 0 Å². The zero-order valence-corrected chi connectivity index (χ0v) is 13.3. The fourth-order valence-corrected chi connectivity index (χ4v) is 3.03. The minimum Gasteiger partial charge on any atom is -0.361 e. The number of nitrogens with zero attached hydrogens (tertiary/aromatic N) is 3. The van der Waals surface area contributed by atoms with E-state index in [1.807, 2.05) is 6.92 Å². The van der Waals surface area contributed by atoms with E-state index < -0.39 is 0 Å². The summed E-state index contributed by atoms with van der Waals surface area (Å²) in [6, 6.07) is 3.50. The van der Waals surface area contributed by atoms with Crippen LogP contribution < -0.4 is 10.9 Å². The van der Waals surface area contributed by atoms with Gasteiger partial charge in [0, 0.05) is 12.1 Å². The van der Waals surface area contributed by atoms with Gasteiger partial charge in [-0.3, -0.25) is 9.59 Å². The average Bonchev–Trinajstić information content (AvgIpc) is 2.97. The molecule has 0 atom stereocenters. The standard InChI is InChI=1S/C16H20N4O3/c1-10-3-8-15(21)20(19-10)13-6-4-12(5-7-13)18-16(22)14-9-17-23-11(14)2/h3,8-9,12-13H,4-7H2,1-2H3,(H,18,22). The molecular formula is C16H20N4O3. The Morgan fingerprint density at radius 2 is 2.00 bits per heavy atom. The monoisotopic (exact) mass is 316 g/mol. The molecule has 0 spiro atoms. The SMILES string of the molecule is Cc1ccc(=O)n(C2CCC(NC(=O)c3cnoc3C)CC2)n1. The number of nitrogens with one attached hydrogen (secondary N) is 1. The number of aromatic nitrogens is 3. The first-order valence-electron chi connectivity index (χ1n) is 7.83. The second-order valence-electron chi connectivity index (χ2n) is 6.03. The topological polar surface area (TPSA) is 90.0 Å². The van der Waals surface area contributed by atoms with Crippen LogP contribution in [-0.2, 0) is 0 Å². The average molecular weight is 316 g/mol. The zero-order chi connectivity index (χ0) is 16.4. The number of carbonyl (C=O) groups excluding carboxylic acids is 1. The highest BCUT2D eigenvalue weighted by atomic mass is 16.5. The van der Waals surface area contributed by atoms with Crippen LogP contribution in [0.5, 0.6) is 0 Å². The Kier molecular flexibility index (Phi) is 4.27. The fraction of sp³-hybridized carbons (Fsp3) is 0.500. The van der Waals surface area contributed by atoms with Crippen LogP contribution in [0, 0.1) is 13.8 Å². The van der Waals surface area contributed by atoms with Crippen molar-refractivity contribution in [1.82, 2.24) is 20.3 Å². The predicted octanol–water partition coefficient (Wildman–Crippen LogP) is 1.76. The molecule has 2 aromatic heterocycles. The molecule has 7 heteroatoms. The first-order chi connectivity index (χ1) is 11.0. The Morgan fingerprint density at radius 3 is 2.65 bits per heavy atom. The minimum atomic E-state index is -0.155. The van der Waals surface area contributed by atoms with E-state index in [4.69, 9.17) is 4.52 Å². The third-order valence-electron chi connectivity index (χ3n) is 4.33. The summed E-state index contributed by atoms with van der Waals surface area (Å²) in [5.74, 6) is 0.366. The number of rotatable bonds is 3. The van der Waals surface area contributed by atoms with Crippen molar-refractivity contribution in [3.8, 4) is 0 Å². The molecule has 0 saturated heterocycles. The molecule has 0 bridgehead atoms. The van der Waals surface area contributed by atoms with Gasteiger partial charge in [-0.1, -0.05) is 5.16 Å². The van der Waals surface area contributed by atoms with Crippen molar-refractivity contribution in [2.24, 2.45) is 0 Å². The van der Waals surface area contributed by atoms with Crippen LogP contribution in [0.1, 0.15) is 53.5 Å². The molecule has 1 aliphatic carbocycles. The molecule has 1 aliphatic rings. The number of carbonyl (C=O) groups is 1. The lowest BCUT2D eigenvalue weighted by molar-refractivity contribution is 0.0919. The van der Waals surface area contributed by atoms with Crippen LogP contribution in [-0.4, -0.2) is 26.9 Å². The molecule has 0 radical (unpaired) electrons. The first kappa shape index (κ1) is 15.5. The Bertz CT molecular complexity index is 757. The number of hydrogen-bond acceptors (Lipinski definition) is 5. The van der Waals surface area contributed by atoms with Gasteiger partial charge in [-0.2, -0.15) is 5.10 Å². The Balaban J connectivity index is 1.60. The van der Waals surface area contributed by atoms with E-state index in [1.165, 1.54) is 6.20 Å². The van der Waals surface area contributed by atoms with E-state index in [0.29, 0.717) is 11.3 Å². The van der Waals surface area contributed by atoms with Gasteiger partial charge in [0.05, 0.1) is 17.9 Å². The van der Waals surface area contributed by atoms with Gasteiger partial charge in [0.25, 0.3) is 11.5 Å². The Morgan fingerprint density at radius 1 is 1.26 bits per heavy atom. The second-order valence-corrected chi connectivity index (χ2v) is 6.03. The summed E-state index contributed by atoms with van der Waals surface area (Å²) in [7, 11) is 0. The lowest BCUT2D eigenvalue weighted by Gasteiger charge is -2.29. The molecule has 122 valence electrons. The predicted molar refractivity (Wildman–Crippen MR) is 83.2 cm³/mol. The molecule has 7 nitrogen and oxygen atoms in total. The summed E-state index contributed by atoms with van der Waals surface area (Å²) in [5.41, 5.74) is 1.25. The maximum Gasteiger partial charge on any atom is 0.267 e. The van der Waals surface area contributed by atoms with Crippen molar-refractivity contribution >= 4 is 5.91 Å². The fourth-order valence-electron chi connectivity index (χ4n) is 3.03. The molecule has 2 aromatic rings. The van der Waals surface area contributed by atoms with Gasteiger partial charge >= 0.3 is 0 Å². The summed E-state index contributed by atoms with van der Waals surface area (Å²) >= 11 is 0. The largest absolute Gasteiger partial charge is 0.361 e. The summed E-state index contributed by atoms with van der Waals surface area (Å²) in [4.78, 5) is 24.1. The molecule has 0 unspecified atom stereocenters. The van der Waals surface area contributed by atoms with E-state index in [-0.39, 0.29) is 23.6 Å². The van der Waals surface area contributed by atoms with E-state index in [1.54, 1.807) is 23.7 Å². The van der Waals surface area contributed by atoms with Gasteiger partial charge in [0.1, 0.15) is 11.3 Å². The number of aryl methyl sites for hydroxylation is 2. The third kappa shape index (κ3) is 3.33. The lowest BCUT2D eigenvalue weighted by atomic mass is 9.91. The molecule has 1 fully saturated rings. The van der Waals surface area contributed by atoms with Gasteiger partial charge < -0.3 is 9.84 Å². The molecule has 1 saturated carbocycles. The van der Waals surface area contributed by atoms with Crippen molar-refractivity contribution < 1.29 is 9.32 Å². The highest BCUT2D eigenvalue weighted by molar-refractivity contribution is 5.94. The molecule has 1 amide bonds. The number of hydrogen-bond donors (Lipinski definition) is 1. The van der Waals surface area contributed by atoms with E-state index in [2.05, 4.69) is 15.6 Å². The minimum absolute atomic E-state index is 0.0665. The number of amides is 1. The van der Waals surface area contributed by atoms with Gasteiger partial charge in [0.15, 0.2) is 0 Å². The third-order valence-corrected chi connectivity index (χ3v) is 4.33. The normalized spacial score (nSPS) is 21.1. The summed E-state index contributed by atoms with van der Waals surface area (Å²) in [5, 5.41) is 11.0. The van der Waals surface area contributed by atoms with Gasteiger partial charge in [-0.05, 0) is 45.6 Å². The summed E-state index contributed by atoms with van der Waals surface area (Å²) < 4.78 is 6.50. The molecule has 3 rings (SSSR count). The van der Waals surface area contributed by atoms with Crippen molar-refractivity contribution in [2.45, 2.75) is 51.6 Å². The Hall–Kier alpha value is -2.44. The maximum atomic E-state index is 12.2. The molecule has 0 aromatic carbocycles. The molecule has 23 heavy (non-hydrogen) atoms. The molecule has 2 heterocycles. The summed E-state index contributed by atoms with van der Waals surface area (Å²) in [6.07, 6.45) is 4.73. The summed E-state index contributed by atoms with van der Waals surface area (Å²) in [6.45, 7) is 3.59. The first-order valence-corrected chi connectivity index (χ1v) is 7.83. The van der Waals surface area contributed by atoms with Gasteiger partial charge in [-0.15, -0.1) is 0 Å². The smallest absolute Gasteiger partial charge is 0.267 e. The lowest BCUT2D eigenvalue weighted by Crippen LogP contribution is -2.39. The highest BCUT2D eigenvalue weighted by Crippen LogP contribution is 2.27. The van der Waals surface area contributed by atoms with Crippen LogP contribution in [0.3, 0.4) is 0 Å². The Labute approximate surface area is 133 Å². The zero-order valence-electron chi connectivity index (χ0n) is 13.3. The van der Waals surface area contributed by atoms with Crippen molar-refractivity contribution in [2.75, 3.05) is 0 Å². The van der Waals surface area contributed by atoms with E-state index >= 15 is 0 Å². The van der Waals surface area contributed by atoms with Crippen molar-refractivity contribution in [3.63, 3.8) is 0 Å². The van der Waals surface area contributed by atoms with E-state index in [9.17, 15) is 9.59 Å². The molecule has 1 N–H and O–H groups in total. The van der Waals surface area contributed by atoms with Crippen LogP contribution >= 0.6 is 0 Å². The molecule has 0 aliphatic heterocycles. The van der Waals surface area contributed by atoms with Crippen LogP contribution in [0.25, 0.3) is 0 Å². The maximum absolute atomic E-state index is 12.2. The molecular weight excluding hydrogens is 296 g/mol. The van der Waals surface area contributed by atoms with Crippen LogP contribution in [0.15, 0.2) is 27.6 Å². The van der Waals surface area contributed by atoms with Crippen molar-refractivity contribution in [3.05, 3.63) is 45.7 Å². The van der Waals surface area contributed by atoms with Gasteiger partial charge in [-0.25, -0.2) is 4.68 Å². The van der Waals surface area contributed by atoms with E-state index in [0.717, 1.165) is 31.4 Å². The highest BCUT2D eigenvalue weighted by Gasteiger charge is 2.26.